The summed E-state index contributed by atoms with van der Waals surface area (Å²) in [5.41, 5.74) is 0. The summed E-state index contributed by atoms with van der Waals surface area (Å²) >= 11 is 0. The first-order valence-corrected chi connectivity index (χ1v) is 10.1. The Morgan fingerprint density at radius 1 is 0.833 bits per heavy atom. The average molecular weight is 343 g/mol. The fourth-order valence-electron chi connectivity index (χ4n) is 1.74. The second kappa shape index (κ2) is 33.4. The molecule has 1 saturated heterocycles. The molecule has 0 spiro atoms. The van der Waals surface area contributed by atoms with Gasteiger partial charge in [0.05, 0.1) is 5.84 Å². The summed E-state index contributed by atoms with van der Waals surface area (Å²) in [5.74, 6) is 2.12. The fourth-order valence-corrected chi connectivity index (χ4v) is 1.74. The first-order valence-electron chi connectivity index (χ1n) is 10.1. The van der Waals surface area contributed by atoms with Gasteiger partial charge >= 0.3 is 0 Å². The predicted molar refractivity (Wildman–Crippen MR) is 116 cm³/mol. The Kier molecular flexibility index (Phi) is 42.7. The van der Waals surface area contributed by atoms with E-state index in [1.54, 1.807) is 0 Å². The third-order valence-electron chi connectivity index (χ3n) is 2.72. The van der Waals surface area contributed by atoms with Crippen molar-refractivity contribution in [1.82, 2.24) is 5.32 Å². The number of aliphatic imine (C=N–C) groups is 3. The molecule has 2 aliphatic rings. The van der Waals surface area contributed by atoms with Crippen molar-refractivity contribution < 1.29 is 0 Å². The smallest absolute Gasteiger partial charge is 0.122 e. The number of hydrogen-bond donors (Lipinski definition) is 1. The number of nitrogens with one attached hydrogen (secondary N) is 1. The molecule has 1 fully saturated rings. The van der Waals surface area contributed by atoms with Crippen LogP contribution >= 0.6 is 0 Å². The standard InChI is InChI=1S/C6H12N2.C6H10N2.4C2H6/c2*1-7-6-4-2-3-5-8-6;4*1-2/h2-5H2,1H3,(H,7,8);1-5H2;4*1-2H3. The molecule has 2 rings (SSSR count). The van der Waals surface area contributed by atoms with Crippen molar-refractivity contribution in [2.75, 3.05) is 20.1 Å². The Morgan fingerprint density at radius 3 is 1.62 bits per heavy atom. The second-order valence-corrected chi connectivity index (χ2v) is 3.97. The van der Waals surface area contributed by atoms with Gasteiger partial charge in [-0.3, -0.25) is 9.98 Å². The van der Waals surface area contributed by atoms with E-state index in [2.05, 4.69) is 27.0 Å². The number of piperidine rings is 1. The molecule has 0 amide bonds. The quantitative estimate of drug-likeness (QED) is 0.526. The van der Waals surface area contributed by atoms with Crippen molar-refractivity contribution in [3.05, 3.63) is 0 Å². The molecule has 1 N–H and O–H groups in total. The molecule has 0 aromatic carbocycles. The second-order valence-electron chi connectivity index (χ2n) is 3.97. The molecular formula is C20H46N4. The van der Waals surface area contributed by atoms with Crippen LogP contribution in [0.3, 0.4) is 0 Å². The minimum Gasteiger partial charge on any atom is -0.374 e. The van der Waals surface area contributed by atoms with Gasteiger partial charge in [-0.1, -0.05) is 55.4 Å². The Labute approximate surface area is 153 Å². The van der Waals surface area contributed by atoms with Crippen LogP contribution in [0, 0.1) is 0 Å². The molecule has 0 aromatic rings. The van der Waals surface area contributed by atoms with Gasteiger partial charge < -0.3 is 5.32 Å². The summed E-state index contributed by atoms with van der Waals surface area (Å²) in [6, 6.07) is 0. The normalized spacial score (nSPS) is 16.0. The summed E-state index contributed by atoms with van der Waals surface area (Å²) in [6.07, 6.45) is 7.25. The van der Waals surface area contributed by atoms with Crippen LogP contribution < -0.4 is 5.32 Å². The maximum atomic E-state index is 4.14. The van der Waals surface area contributed by atoms with Gasteiger partial charge in [-0.2, -0.15) is 0 Å². The van der Waals surface area contributed by atoms with E-state index in [9.17, 15) is 0 Å². The molecule has 4 heteroatoms. The van der Waals surface area contributed by atoms with E-state index in [-0.39, 0.29) is 0 Å². The highest BCUT2D eigenvalue weighted by Gasteiger charge is 2.02. The van der Waals surface area contributed by atoms with Gasteiger partial charge in [-0.05, 0) is 32.4 Å². The molecule has 4 nitrogen and oxygen atoms in total. The maximum absolute atomic E-state index is 4.14. The number of nitrogens with zero attached hydrogens (tertiary/aromatic N) is 3. The lowest BCUT2D eigenvalue weighted by atomic mass is 10.1. The van der Waals surface area contributed by atoms with Crippen molar-refractivity contribution in [2.45, 2.75) is 93.9 Å². The number of amidine groups is 2. The van der Waals surface area contributed by atoms with Gasteiger partial charge in [0.25, 0.3) is 0 Å². The molecule has 146 valence electrons. The predicted octanol–water partition coefficient (Wildman–Crippen LogP) is 6.16. The molecule has 2 heterocycles. The van der Waals surface area contributed by atoms with Crippen LogP contribution in [0.5, 0.6) is 0 Å². The minimum atomic E-state index is 0.941. The van der Waals surface area contributed by atoms with Crippen LogP contribution in [0.15, 0.2) is 15.0 Å². The summed E-state index contributed by atoms with van der Waals surface area (Å²) in [7, 11) is 1.84. The fraction of sp³-hybridized carbons (Fsp3) is 0.850. The molecule has 0 radical (unpaired) electrons. The van der Waals surface area contributed by atoms with Crippen molar-refractivity contribution in [1.29, 1.82) is 0 Å². The molecule has 0 aromatic heterocycles. The van der Waals surface area contributed by atoms with Gasteiger partial charge in [-0.15, -0.1) is 0 Å². The maximum Gasteiger partial charge on any atom is 0.122 e. The van der Waals surface area contributed by atoms with Crippen LogP contribution in [0.2, 0.25) is 0 Å². The lowest BCUT2D eigenvalue weighted by molar-refractivity contribution is 0.668. The van der Waals surface area contributed by atoms with Crippen molar-refractivity contribution in [3.63, 3.8) is 0 Å². The zero-order valence-electron chi connectivity index (χ0n) is 18.2. The Bertz CT molecular complexity index is 263. The highest BCUT2D eigenvalue weighted by atomic mass is 15.0. The van der Waals surface area contributed by atoms with Crippen LogP contribution in [0.1, 0.15) is 93.9 Å². The number of hydrogen-bond acceptors (Lipinski definition) is 3. The number of rotatable bonds is 0. The van der Waals surface area contributed by atoms with Crippen molar-refractivity contribution >= 4 is 18.4 Å². The van der Waals surface area contributed by atoms with Crippen LogP contribution in [0.4, 0.5) is 0 Å². The first-order chi connectivity index (χ1) is 11.9. The van der Waals surface area contributed by atoms with E-state index < -0.39 is 0 Å². The first kappa shape index (κ1) is 30.7. The third kappa shape index (κ3) is 23.1. The molecule has 24 heavy (non-hydrogen) atoms. The van der Waals surface area contributed by atoms with E-state index >= 15 is 0 Å². The molecule has 0 saturated carbocycles. The highest BCUT2D eigenvalue weighted by Crippen LogP contribution is 2.05. The summed E-state index contributed by atoms with van der Waals surface area (Å²) < 4.78 is 0. The topological polar surface area (TPSA) is 49.1 Å². The molecular weight excluding hydrogens is 296 g/mol. The van der Waals surface area contributed by atoms with E-state index in [0.29, 0.717) is 0 Å². The molecule has 0 aliphatic carbocycles. The van der Waals surface area contributed by atoms with Crippen LogP contribution in [-0.4, -0.2) is 38.5 Å². The minimum absolute atomic E-state index is 0.941. The van der Waals surface area contributed by atoms with E-state index in [1.807, 2.05) is 62.4 Å². The molecule has 2 aliphatic heterocycles. The lowest BCUT2D eigenvalue weighted by Crippen LogP contribution is -2.28. The average Bonchev–Trinajstić information content (AvgIpc) is 2.75. The van der Waals surface area contributed by atoms with E-state index in [0.717, 1.165) is 31.8 Å². The van der Waals surface area contributed by atoms with E-state index in [1.165, 1.54) is 31.5 Å². The van der Waals surface area contributed by atoms with Gasteiger partial charge in [0.2, 0.25) is 0 Å². The van der Waals surface area contributed by atoms with Crippen LogP contribution in [0.25, 0.3) is 0 Å². The van der Waals surface area contributed by atoms with Gasteiger partial charge in [0.15, 0.2) is 0 Å². The van der Waals surface area contributed by atoms with Crippen molar-refractivity contribution in [2.24, 2.45) is 15.0 Å². The van der Waals surface area contributed by atoms with Crippen LogP contribution in [-0.2, 0) is 0 Å². The molecule has 0 bridgehead atoms. The summed E-state index contributed by atoms with van der Waals surface area (Å²) in [4.78, 5) is 11.9. The zero-order chi connectivity index (χ0) is 19.6. The van der Waals surface area contributed by atoms with Crippen molar-refractivity contribution in [3.8, 4) is 0 Å². The molecule has 0 unspecified atom stereocenters. The third-order valence-corrected chi connectivity index (χ3v) is 2.72. The van der Waals surface area contributed by atoms with Gasteiger partial charge in [0.1, 0.15) is 5.84 Å². The summed E-state index contributed by atoms with van der Waals surface area (Å²) in [6.45, 7) is 21.5. The Hall–Kier alpha value is -1.19. The highest BCUT2D eigenvalue weighted by molar-refractivity contribution is 5.86. The van der Waals surface area contributed by atoms with E-state index in [4.69, 9.17) is 0 Å². The SMILES string of the molecule is C=NC1=NCCCC1.CC.CC.CC.CC.CN=C1CCCCN1. The largest absolute Gasteiger partial charge is 0.374 e. The zero-order valence-corrected chi connectivity index (χ0v) is 18.2. The Balaban J connectivity index is -0.000000118. The summed E-state index contributed by atoms with van der Waals surface area (Å²) in [5, 5.41) is 3.22. The van der Waals surface area contributed by atoms with Gasteiger partial charge in [0, 0.05) is 33.0 Å². The van der Waals surface area contributed by atoms with Gasteiger partial charge in [-0.25, -0.2) is 4.99 Å². The monoisotopic (exact) mass is 342 g/mol. The molecule has 0 atom stereocenters. The lowest BCUT2D eigenvalue weighted by Gasteiger charge is -2.13. The Morgan fingerprint density at radius 2 is 1.38 bits per heavy atom.